The molecular formula is C18H35IN6O2. The van der Waals surface area contributed by atoms with E-state index in [4.69, 9.17) is 4.74 Å². The number of nitrogens with zero attached hydrogens (tertiary/aromatic N) is 3. The van der Waals surface area contributed by atoms with Crippen molar-refractivity contribution in [3.63, 3.8) is 0 Å². The average Bonchev–Trinajstić information content (AvgIpc) is 3.04. The SMILES string of the molecule is CN=C(NCCCn1cccn1)NCC(NC(=O)OC(C)(C)C)C(C)C.I. The first-order valence-corrected chi connectivity index (χ1v) is 9.12. The molecule has 0 aromatic carbocycles. The van der Waals surface area contributed by atoms with Gasteiger partial charge in [0.2, 0.25) is 0 Å². The molecule has 1 aromatic heterocycles. The van der Waals surface area contributed by atoms with E-state index < -0.39 is 11.7 Å². The Hall–Kier alpha value is -1.52. The second kappa shape index (κ2) is 12.8. The summed E-state index contributed by atoms with van der Waals surface area (Å²) < 4.78 is 7.23. The highest BCUT2D eigenvalue weighted by molar-refractivity contribution is 14.0. The largest absolute Gasteiger partial charge is 0.444 e. The van der Waals surface area contributed by atoms with Gasteiger partial charge in [0.25, 0.3) is 0 Å². The normalized spacial score (nSPS) is 12.9. The van der Waals surface area contributed by atoms with Crippen molar-refractivity contribution in [1.82, 2.24) is 25.7 Å². The fraction of sp³-hybridized carbons (Fsp3) is 0.722. The van der Waals surface area contributed by atoms with Crippen LogP contribution in [0.15, 0.2) is 23.5 Å². The summed E-state index contributed by atoms with van der Waals surface area (Å²) in [5.74, 6) is 0.968. The van der Waals surface area contributed by atoms with Crippen LogP contribution < -0.4 is 16.0 Å². The zero-order chi connectivity index (χ0) is 19.6. The molecule has 1 unspecified atom stereocenters. The number of halogens is 1. The van der Waals surface area contributed by atoms with E-state index in [2.05, 4.69) is 39.9 Å². The molecule has 1 heterocycles. The molecular weight excluding hydrogens is 459 g/mol. The molecule has 0 bridgehead atoms. The third kappa shape index (κ3) is 11.7. The van der Waals surface area contributed by atoms with Crippen LogP contribution in [0.3, 0.4) is 0 Å². The maximum atomic E-state index is 12.0. The number of carbonyl (C=O) groups excluding carboxylic acids is 1. The van der Waals surface area contributed by atoms with Crippen LogP contribution in [0.4, 0.5) is 4.79 Å². The zero-order valence-electron chi connectivity index (χ0n) is 17.3. The van der Waals surface area contributed by atoms with Gasteiger partial charge in [-0.15, -0.1) is 24.0 Å². The summed E-state index contributed by atoms with van der Waals surface area (Å²) in [6.07, 6.45) is 4.26. The molecule has 1 atom stereocenters. The molecule has 1 amide bonds. The predicted octanol–water partition coefficient (Wildman–Crippen LogP) is 2.61. The molecule has 0 aliphatic carbocycles. The van der Waals surface area contributed by atoms with Gasteiger partial charge in [0, 0.05) is 39.1 Å². The van der Waals surface area contributed by atoms with Crippen LogP contribution in [-0.2, 0) is 11.3 Å². The van der Waals surface area contributed by atoms with Crippen molar-refractivity contribution in [2.75, 3.05) is 20.1 Å². The van der Waals surface area contributed by atoms with Crippen LogP contribution in [0.1, 0.15) is 41.0 Å². The zero-order valence-corrected chi connectivity index (χ0v) is 19.6. The predicted molar refractivity (Wildman–Crippen MR) is 120 cm³/mol. The van der Waals surface area contributed by atoms with Crippen molar-refractivity contribution < 1.29 is 9.53 Å². The van der Waals surface area contributed by atoms with Gasteiger partial charge < -0.3 is 20.7 Å². The highest BCUT2D eigenvalue weighted by Crippen LogP contribution is 2.08. The molecule has 3 N–H and O–H groups in total. The third-order valence-electron chi connectivity index (χ3n) is 3.64. The van der Waals surface area contributed by atoms with Crippen molar-refractivity contribution >= 4 is 36.0 Å². The summed E-state index contributed by atoms with van der Waals surface area (Å²) >= 11 is 0. The molecule has 27 heavy (non-hydrogen) atoms. The Morgan fingerprint density at radius 1 is 1.30 bits per heavy atom. The molecule has 0 aliphatic rings. The first-order valence-electron chi connectivity index (χ1n) is 9.12. The Labute approximate surface area is 179 Å². The molecule has 1 rings (SSSR count). The molecule has 9 heteroatoms. The number of aliphatic imine (C=N–C) groups is 1. The molecule has 156 valence electrons. The fourth-order valence-corrected chi connectivity index (χ4v) is 2.22. The topological polar surface area (TPSA) is 92.6 Å². The van der Waals surface area contributed by atoms with Gasteiger partial charge in [-0.25, -0.2) is 4.79 Å². The summed E-state index contributed by atoms with van der Waals surface area (Å²) in [7, 11) is 1.73. The lowest BCUT2D eigenvalue weighted by atomic mass is 10.0. The number of aryl methyl sites for hydroxylation is 1. The maximum Gasteiger partial charge on any atom is 0.407 e. The summed E-state index contributed by atoms with van der Waals surface area (Å²) in [5.41, 5.74) is -0.509. The van der Waals surface area contributed by atoms with E-state index in [1.165, 1.54) is 0 Å². The monoisotopic (exact) mass is 494 g/mol. The average molecular weight is 494 g/mol. The Kier molecular flexibility index (Phi) is 12.1. The molecule has 0 fully saturated rings. The first kappa shape index (κ1) is 25.5. The van der Waals surface area contributed by atoms with Crippen molar-refractivity contribution in [2.45, 2.75) is 59.2 Å². The van der Waals surface area contributed by atoms with E-state index in [1.807, 2.05) is 37.7 Å². The van der Waals surface area contributed by atoms with Crippen molar-refractivity contribution in [3.8, 4) is 0 Å². The van der Waals surface area contributed by atoms with Crippen LogP contribution in [0.5, 0.6) is 0 Å². The molecule has 0 aliphatic heterocycles. The number of amides is 1. The number of ether oxygens (including phenoxy) is 1. The Morgan fingerprint density at radius 3 is 2.52 bits per heavy atom. The van der Waals surface area contributed by atoms with Crippen LogP contribution >= 0.6 is 24.0 Å². The maximum absolute atomic E-state index is 12.0. The summed E-state index contributed by atoms with van der Waals surface area (Å²) in [6.45, 7) is 11.9. The molecule has 0 spiro atoms. The van der Waals surface area contributed by atoms with Crippen molar-refractivity contribution in [2.24, 2.45) is 10.9 Å². The summed E-state index contributed by atoms with van der Waals surface area (Å²) in [5, 5.41) is 13.6. The van der Waals surface area contributed by atoms with E-state index in [0.717, 1.165) is 19.5 Å². The second-order valence-electron chi connectivity index (χ2n) is 7.50. The molecule has 1 aromatic rings. The lowest BCUT2D eigenvalue weighted by Gasteiger charge is -2.26. The van der Waals surface area contributed by atoms with Gasteiger partial charge in [-0.2, -0.15) is 5.10 Å². The van der Waals surface area contributed by atoms with Crippen molar-refractivity contribution in [3.05, 3.63) is 18.5 Å². The van der Waals surface area contributed by atoms with Crippen LogP contribution in [-0.4, -0.2) is 53.6 Å². The van der Waals surface area contributed by atoms with Gasteiger partial charge in [0.15, 0.2) is 5.96 Å². The minimum Gasteiger partial charge on any atom is -0.444 e. The Bertz CT molecular complexity index is 555. The van der Waals surface area contributed by atoms with Crippen molar-refractivity contribution in [1.29, 1.82) is 0 Å². The number of guanidine groups is 1. The Balaban J connectivity index is 0.00000676. The summed E-state index contributed by atoms with van der Waals surface area (Å²) in [4.78, 5) is 16.2. The molecule has 0 radical (unpaired) electrons. The molecule has 0 saturated carbocycles. The molecule has 8 nitrogen and oxygen atoms in total. The van der Waals surface area contributed by atoms with Crippen LogP contribution in [0.2, 0.25) is 0 Å². The molecule has 0 saturated heterocycles. The van der Waals surface area contributed by atoms with Gasteiger partial charge in [-0.1, -0.05) is 13.8 Å². The summed E-state index contributed by atoms with van der Waals surface area (Å²) in [6, 6.07) is 1.85. The van der Waals surface area contributed by atoms with Gasteiger partial charge in [0.1, 0.15) is 5.60 Å². The van der Waals surface area contributed by atoms with Crippen LogP contribution in [0.25, 0.3) is 0 Å². The van der Waals surface area contributed by atoms with E-state index in [-0.39, 0.29) is 35.9 Å². The number of nitrogens with one attached hydrogen (secondary N) is 3. The van der Waals surface area contributed by atoms with Crippen LogP contribution in [0, 0.1) is 5.92 Å². The number of alkyl carbamates (subject to hydrolysis) is 1. The lowest BCUT2D eigenvalue weighted by molar-refractivity contribution is 0.0491. The second-order valence-corrected chi connectivity index (χ2v) is 7.50. The third-order valence-corrected chi connectivity index (χ3v) is 3.64. The first-order chi connectivity index (χ1) is 12.2. The standard InChI is InChI=1S/C18H34N6O2.HI/c1-14(2)15(23-17(25)26-18(3,4)5)13-21-16(19-6)20-9-7-11-24-12-8-10-22-24;/h8,10,12,14-15H,7,9,11,13H2,1-6H3,(H,23,25)(H2,19,20,21);1H. The number of carbonyl (C=O) groups is 1. The quantitative estimate of drug-likeness (QED) is 0.224. The lowest BCUT2D eigenvalue weighted by Crippen LogP contribution is -2.50. The van der Waals surface area contributed by atoms with E-state index >= 15 is 0 Å². The number of rotatable bonds is 8. The highest BCUT2D eigenvalue weighted by atomic mass is 127. The van der Waals surface area contributed by atoms with E-state index in [1.54, 1.807) is 13.2 Å². The van der Waals surface area contributed by atoms with E-state index in [0.29, 0.717) is 12.5 Å². The smallest absolute Gasteiger partial charge is 0.407 e. The minimum absolute atomic E-state index is 0. The number of hydrogen-bond acceptors (Lipinski definition) is 4. The van der Waals surface area contributed by atoms with Gasteiger partial charge >= 0.3 is 6.09 Å². The van der Waals surface area contributed by atoms with Gasteiger partial charge in [-0.3, -0.25) is 9.67 Å². The highest BCUT2D eigenvalue weighted by Gasteiger charge is 2.21. The number of aromatic nitrogens is 2. The van der Waals surface area contributed by atoms with Gasteiger partial charge in [0.05, 0.1) is 6.04 Å². The minimum atomic E-state index is -0.509. The van der Waals surface area contributed by atoms with E-state index in [9.17, 15) is 4.79 Å². The van der Waals surface area contributed by atoms with Gasteiger partial charge in [-0.05, 0) is 39.2 Å². The fourth-order valence-electron chi connectivity index (χ4n) is 2.22. The number of hydrogen-bond donors (Lipinski definition) is 3. The Morgan fingerprint density at radius 2 is 2.00 bits per heavy atom.